The van der Waals surface area contributed by atoms with E-state index in [0.717, 1.165) is 31.7 Å². The van der Waals surface area contributed by atoms with Gasteiger partial charge in [0.05, 0.1) is 0 Å². The number of amides is 1. The predicted octanol–water partition coefficient (Wildman–Crippen LogP) is 1.81. The van der Waals surface area contributed by atoms with Crippen molar-refractivity contribution in [3.8, 4) is 0 Å². The highest BCUT2D eigenvalue weighted by Gasteiger charge is 2.31. The van der Waals surface area contributed by atoms with Gasteiger partial charge < -0.3 is 15.2 Å². The number of pyridine rings is 1. The molecule has 1 aromatic carbocycles. The van der Waals surface area contributed by atoms with E-state index in [-0.39, 0.29) is 11.5 Å². The number of anilines is 1. The van der Waals surface area contributed by atoms with E-state index in [4.69, 9.17) is 0 Å². The van der Waals surface area contributed by atoms with Crippen LogP contribution in [0.15, 0.2) is 47.3 Å². The number of hydrogen-bond acceptors (Lipinski definition) is 3. The number of nitrogens with zero attached hydrogens (tertiary/aromatic N) is 1. The van der Waals surface area contributed by atoms with Gasteiger partial charge in [-0.15, -0.1) is 0 Å². The number of hydrogen-bond donors (Lipinski definition) is 2. The third-order valence-corrected chi connectivity index (χ3v) is 4.75. The average molecular weight is 309 g/mol. The van der Waals surface area contributed by atoms with E-state index >= 15 is 0 Å². The van der Waals surface area contributed by atoms with Crippen molar-refractivity contribution in [1.82, 2.24) is 9.88 Å². The predicted molar refractivity (Wildman–Crippen MR) is 88.8 cm³/mol. The van der Waals surface area contributed by atoms with Crippen molar-refractivity contribution in [3.05, 3.63) is 64.1 Å². The topological polar surface area (TPSA) is 63.1 Å². The van der Waals surface area contributed by atoms with E-state index in [0.29, 0.717) is 23.1 Å². The molecule has 118 valence electrons. The van der Waals surface area contributed by atoms with Crippen LogP contribution in [0.4, 0.5) is 5.69 Å². The lowest BCUT2D eigenvalue weighted by Gasteiger charge is -2.37. The lowest BCUT2D eigenvalue weighted by Crippen LogP contribution is -2.44. The Morgan fingerprint density at radius 2 is 2.00 bits per heavy atom. The summed E-state index contributed by atoms with van der Waals surface area (Å²) in [5.74, 6) is 0.692. The molecule has 0 radical (unpaired) electrons. The van der Waals surface area contributed by atoms with Gasteiger partial charge in [0.15, 0.2) is 0 Å². The molecular weight excluding hydrogens is 290 g/mol. The molecule has 1 unspecified atom stereocenters. The fourth-order valence-corrected chi connectivity index (χ4v) is 3.67. The van der Waals surface area contributed by atoms with Crippen molar-refractivity contribution in [2.45, 2.75) is 18.9 Å². The van der Waals surface area contributed by atoms with Crippen LogP contribution in [0.5, 0.6) is 0 Å². The molecule has 0 aliphatic carbocycles. The van der Waals surface area contributed by atoms with Gasteiger partial charge in [0.2, 0.25) is 0 Å². The monoisotopic (exact) mass is 309 g/mol. The maximum atomic E-state index is 12.4. The Balaban J connectivity index is 1.65. The standard InChI is InChI=1S/C18H19N3O2/c22-17-8-15(20-18(23)13-4-2-1-3-5-13)7-16-14-6-12(9-19-10-14)11-21(16)17/h1-5,7-8,12,14,19H,6,9-11H2,(H,20,23)/t12?,14-/m0/s1. The number of rotatable bonds is 2. The van der Waals surface area contributed by atoms with E-state index in [2.05, 4.69) is 10.6 Å². The summed E-state index contributed by atoms with van der Waals surface area (Å²) in [5.41, 5.74) is 2.18. The van der Waals surface area contributed by atoms with Gasteiger partial charge in [0.1, 0.15) is 0 Å². The summed E-state index contributed by atoms with van der Waals surface area (Å²) in [6.45, 7) is 2.64. The second-order valence-corrected chi connectivity index (χ2v) is 6.39. The summed E-state index contributed by atoms with van der Waals surface area (Å²) in [6, 6.07) is 12.5. The van der Waals surface area contributed by atoms with Gasteiger partial charge in [-0.3, -0.25) is 9.59 Å². The normalized spacial score (nSPS) is 22.3. The fraction of sp³-hybridized carbons (Fsp3) is 0.333. The molecule has 2 aliphatic rings. The quantitative estimate of drug-likeness (QED) is 0.889. The minimum Gasteiger partial charge on any atom is -0.322 e. The van der Waals surface area contributed by atoms with Gasteiger partial charge >= 0.3 is 0 Å². The first kappa shape index (κ1) is 14.2. The molecule has 1 aromatic heterocycles. The maximum Gasteiger partial charge on any atom is 0.255 e. The van der Waals surface area contributed by atoms with Crippen molar-refractivity contribution in [1.29, 1.82) is 0 Å². The molecule has 5 heteroatoms. The van der Waals surface area contributed by atoms with Crippen LogP contribution in [0.2, 0.25) is 0 Å². The molecule has 0 spiro atoms. The molecule has 4 rings (SSSR count). The van der Waals surface area contributed by atoms with Crippen LogP contribution in [-0.2, 0) is 6.54 Å². The van der Waals surface area contributed by atoms with Crippen molar-refractivity contribution < 1.29 is 4.79 Å². The summed E-state index contributed by atoms with van der Waals surface area (Å²) >= 11 is 0. The van der Waals surface area contributed by atoms with Gasteiger partial charge in [0, 0.05) is 42.0 Å². The van der Waals surface area contributed by atoms with Crippen LogP contribution >= 0.6 is 0 Å². The average Bonchev–Trinajstić information content (AvgIpc) is 2.57. The number of piperidine rings is 1. The first-order chi connectivity index (χ1) is 11.2. The highest BCUT2D eigenvalue weighted by atomic mass is 16.2. The second kappa shape index (κ2) is 5.66. The molecule has 3 heterocycles. The minimum absolute atomic E-state index is 0.0255. The number of carbonyl (C=O) groups is 1. The number of nitrogens with one attached hydrogen (secondary N) is 2. The summed E-state index contributed by atoms with van der Waals surface area (Å²) < 4.78 is 1.87. The first-order valence-electron chi connectivity index (χ1n) is 8.02. The second-order valence-electron chi connectivity index (χ2n) is 6.39. The zero-order chi connectivity index (χ0) is 15.8. The fourth-order valence-electron chi connectivity index (χ4n) is 3.67. The lowest BCUT2D eigenvalue weighted by molar-refractivity contribution is 0.102. The van der Waals surface area contributed by atoms with E-state index in [1.165, 1.54) is 6.07 Å². The largest absolute Gasteiger partial charge is 0.322 e. The maximum absolute atomic E-state index is 12.4. The molecule has 2 atom stereocenters. The van der Waals surface area contributed by atoms with E-state index in [9.17, 15) is 9.59 Å². The summed E-state index contributed by atoms with van der Waals surface area (Å²) in [4.78, 5) is 24.7. The molecule has 5 nitrogen and oxygen atoms in total. The molecule has 0 saturated carbocycles. The third kappa shape index (κ3) is 2.68. The molecule has 1 amide bonds. The Morgan fingerprint density at radius 3 is 2.83 bits per heavy atom. The zero-order valence-electron chi connectivity index (χ0n) is 12.8. The summed E-state index contributed by atoms with van der Waals surface area (Å²) in [6.07, 6.45) is 1.11. The number of carbonyl (C=O) groups excluding carboxylic acids is 1. The van der Waals surface area contributed by atoms with E-state index < -0.39 is 0 Å². The van der Waals surface area contributed by atoms with E-state index in [1.54, 1.807) is 12.1 Å². The van der Waals surface area contributed by atoms with Crippen molar-refractivity contribution >= 4 is 11.6 Å². The summed E-state index contributed by atoms with van der Waals surface area (Å²) in [5, 5.41) is 6.28. The van der Waals surface area contributed by atoms with Crippen molar-refractivity contribution in [2.24, 2.45) is 5.92 Å². The molecule has 2 bridgehead atoms. The van der Waals surface area contributed by atoms with Crippen LogP contribution in [0, 0.1) is 5.92 Å². The molecule has 1 fully saturated rings. The van der Waals surface area contributed by atoms with Crippen LogP contribution in [0.1, 0.15) is 28.4 Å². The van der Waals surface area contributed by atoms with Crippen LogP contribution < -0.4 is 16.2 Å². The van der Waals surface area contributed by atoms with Crippen molar-refractivity contribution in [2.75, 3.05) is 18.4 Å². The van der Waals surface area contributed by atoms with Crippen molar-refractivity contribution in [3.63, 3.8) is 0 Å². The highest BCUT2D eigenvalue weighted by Crippen LogP contribution is 2.32. The highest BCUT2D eigenvalue weighted by molar-refractivity contribution is 6.04. The molecular formula is C18H19N3O2. The van der Waals surface area contributed by atoms with Crippen LogP contribution in [0.25, 0.3) is 0 Å². The van der Waals surface area contributed by atoms with Gasteiger partial charge in [-0.05, 0) is 37.1 Å². The molecule has 2 aromatic rings. The Labute approximate surface area is 134 Å². The first-order valence-corrected chi connectivity index (χ1v) is 8.02. The van der Waals surface area contributed by atoms with E-state index in [1.807, 2.05) is 28.8 Å². The van der Waals surface area contributed by atoms with Gasteiger partial charge in [-0.1, -0.05) is 18.2 Å². The number of aromatic nitrogens is 1. The van der Waals surface area contributed by atoms with Gasteiger partial charge in [0.25, 0.3) is 11.5 Å². The molecule has 23 heavy (non-hydrogen) atoms. The molecule has 1 saturated heterocycles. The Hall–Kier alpha value is -2.40. The Morgan fingerprint density at radius 1 is 1.17 bits per heavy atom. The van der Waals surface area contributed by atoms with Crippen LogP contribution in [-0.4, -0.2) is 23.6 Å². The lowest BCUT2D eigenvalue weighted by atomic mass is 9.84. The van der Waals surface area contributed by atoms with Gasteiger partial charge in [-0.2, -0.15) is 0 Å². The van der Waals surface area contributed by atoms with Crippen LogP contribution in [0.3, 0.4) is 0 Å². The molecule has 2 aliphatic heterocycles. The third-order valence-electron chi connectivity index (χ3n) is 4.75. The number of benzene rings is 1. The Kier molecular flexibility index (Phi) is 3.50. The minimum atomic E-state index is -0.189. The smallest absolute Gasteiger partial charge is 0.255 e. The van der Waals surface area contributed by atoms with Gasteiger partial charge in [-0.25, -0.2) is 0 Å². The number of fused-ring (bicyclic) bond motifs is 4. The summed E-state index contributed by atoms with van der Waals surface area (Å²) in [7, 11) is 0. The zero-order valence-corrected chi connectivity index (χ0v) is 12.8. The Bertz CT molecular complexity index is 798. The SMILES string of the molecule is O=C(Nc1cc2n(c(=O)c1)CC1CNC[C@@H]2C1)c1ccccc1. The molecule has 2 N–H and O–H groups in total.